The predicted octanol–water partition coefficient (Wildman–Crippen LogP) is 6.62. The van der Waals surface area contributed by atoms with Gasteiger partial charge in [0.15, 0.2) is 0 Å². The number of methoxy groups -OCH3 is 1. The zero-order valence-electron chi connectivity index (χ0n) is 20.4. The lowest BCUT2D eigenvalue weighted by Gasteiger charge is -2.36. The summed E-state index contributed by atoms with van der Waals surface area (Å²) in [5.74, 6) is -0.885. The quantitative estimate of drug-likeness (QED) is 0.195. The van der Waals surface area contributed by atoms with Gasteiger partial charge in [0.05, 0.1) is 12.5 Å². The largest absolute Gasteiger partial charge is 0.467 e. The number of carbonyl (C=O) groups excluding carboxylic acids is 2. The van der Waals surface area contributed by atoms with Crippen molar-refractivity contribution >= 4 is 35.1 Å². The summed E-state index contributed by atoms with van der Waals surface area (Å²) in [7, 11) is 1.29. The molecule has 0 aliphatic carbocycles. The molecule has 0 heterocycles. The summed E-state index contributed by atoms with van der Waals surface area (Å²) < 4.78 is 5.01. The Kier molecular flexibility index (Phi) is 8.65. The fraction of sp³-hybridized carbons (Fsp3) is 0.161. The van der Waals surface area contributed by atoms with E-state index in [1.165, 1.54) is 7.11 Å². The highest BCUT2D eigenvalue weighted by Gasteiger charge is 2.39. The minimum atomic E-state index is -0.963. The molecule has 4 nitrogen and oxygen atoms in total. The van der Waals surface area contributed by atoms with Gasteiger partial charge in [-0.05, 0) is 34.4 Å². The van der Waals surface area contributed by atoms with Gasteiger partial charge in [0, 0.05) is 22.9 Å². The Hall–Kier alpha value is -3.60. The van der Waals surface area contributed by atoms with E-state index in [0.717, 1.165) is 16.7 Å². The van der Waals surface area contributed by atoms with Crippen molar-refractivity contribution in [3.05, 3.63) is 141 Å². The molecule has 0 unspecified atom stereocenters. The maximum atomic E-state index is 13.8. The highest BCUT2D eigenvalue weighted by atomic mass is 35.5. The van der Waals surface area contributed by atoms with Crippen molar-refractivity contribution in [1.82, 2.24) is 5.32 Å². The molecular formula is C31H27Cl2NO3. The first-order valence-electron chi connectivity index (χ1n) is 11.9. The lowest BCUT2D eigenvalue weighted by atomic mass is 9.67. The molecule has 1 atom stereocenters. The standard InChI is InChI=1S/C31H27Cl2NO3/c1-37-30(36)28(20-25-26(32)18-11-19-27(25)33)34-29(35)21-31(22-12-5-2-6-13-22,23-14-7-3-8-15-23)24-16-9-4-10-17-24/h2-19,28H,20-21H2,1H3,(H,34,35)/t28-/m1/s1. The Balaban J connectivity index is 1.75. The molecule has 4 aromatic rings. The van der Waals surface area contributed by atoms with E-state index in [9.17, 15) is 9.59 Å². The van der Waals surface area contributed by atoms with E-state index >= 15 is 0 Å². The second kappa shape index (κ2) is 12.1. The lowest BCUT2D eigenvalue weighted by molar-refractivity contribution is -0.145. The van der Waals surface area contributed by atoms with Gasteiger partial charge in [0.1, 0.15) is 6.04 Å². The first-order chi connectivity index (χ1) is 18.0. The SMILES string of the molecule is COC(=O)[C@@H](Cc1c(Cl)cccc1Cl)NC(=O)CC(c1ccccc1)(c1ccccc1)c1ccccc1. The van der Waals surface area contributed by atoms with Gasteiger partial charge in [0.25, 0.3) is 0 Å². The molecule has 1 N–H and O–H groups in total. The second-order valence-electron chi connectivity index (χ2n) is 8.73. The van der Waals surface area contributed by atoms with Crippen molar-refractivity contribution in [2.45, 2.75) is 24.3 Å². The Morgan fingerprint density at radius 3 is 1.57 bits per heavy atom. The van der Waals surface area contributed by atoms with Crippen LogP contribution in [0.2, 0.25) is 10.0 Å². The predicted molar refractivity (Wildman–Crippen MR) is 148 cm³/mol. The molecule has 0 aliphatic rings. The summed E-state index contributed by atoms with van der Waals surface area (Å²) in [6, 6.07) is 33.9. The van der Waals surface area contributed by atoms with Gasteiger partial charge in [-0.25, -0.2) is 4.79 Å². The monoisotopic (exact) mass is 531 g/mol. The first-order valence-corrected chi connectivity index (χ1v) is 12.7. The van der Waals surface area contributed by atoms with E-state index in [0.29, 0.717) is 15.6 Å². The molecule has 4 rings (SSSR count). The summed E-state index contributed by atoms with van der Waals surface area (Å²) in [4.78, 5) is 26.5. The number of ether oxygens (including phenoxy) is 1. The van der Waals surface area contributed by atoms with Crippen LogP contribution in [0.3, 0.4) is 0 Å². The third-order valence-corrected chi connectivity index (χ3v) is 7.22. The number of benzene rings is 4. The molecule has 0 aromatic heterocycles. The van der Waals surface area contributed by atoms with E-state index in [1.807, 2.05) is 91.0 Å². The average Bonchev–Trinajstić information content (AvgIpc) is 2.94. The van der Waals surface area contributed by atoms with Crippen molar-refractivity contribution in [2.24, 2.45) is 0 Å². The Morgan fingerprint density at radius 2 is 1.16 bits per heavy atom. The molecular weight excluding hydrogens is 505 g/mol. The molecule has 0 spiro atoms. The van der Waals surface area contributed by atoms with Crippen LogP contribution in [-0.4, -0.2) is 25.0 Å². The molecule has 6 heteroatoms. The number of hydrogen-bond donors (Lipinski definition) is 1. The number of hydrogen-bond acceptors (Lipinski definition) is 3. The normalized spacial score (nSPS) is 12.0. The highest BCUT2D eigenvalue weighted by molar-refractivity contribution is 6.36. The molecule has 4 aromatic carbocycles. The molecule has 37 heavy (non-hydrogen) atoms. The molecule has 0 saturated carbocycles. The topological polar surface area (TPSA) is 55.4 Å². The number of amides is 1. The van der Waals surface area contributed by atoms with Gasteiger partial charge in [-0.15, -0.1) is 0 Å². The maximum absolute atomic E-state index is 13.8. The van der Waals surface area contributed by atoms with E-state index in [4.69, 9.17) is 27.9 Å². The van der Waals surface area contributed by atoms with E-state index in [-0.39, 0.29) is 18.7 Å². The Morgan fingerprint density at radius 1 is 0.730 bits per heavy atom. The van der Waals surface area contributed by atoms with Crippen molar-refractivity contribution in [3.63, 3.8) is 0 Å². The first kappa shape index (κ1) is 26.5. The second-order valence-corrected chi connectivity index (χ2v) is 9.54. The summed E-state index contributed by atoms with van der Waals surface area (Å²) >= 11 is 12.7. The van der Waals surface area contributed by atoms with Gasteiger partial charge in [-0.1, -0.05) is 120 Å². The fourth-order valence-corrected chi connectivity index (χ4v) is 5.28. The van der Waals surface area contributed by atoms with Crippen LogP contribution < -0.4 is 5.32 Å². The number of carbonyl (C=O) groups is 2. The molecule has 0 fully saturated rings. The van der Waals surface area contributed by atoms with Crippen molar-refractivity contribution in [1.29, 1.82) is 0 Å². The van der Waals surface area contributed by atoms with Crippen molar-refractivity contribution < 1.29 is 14.3 Å². The molecule has 0 saturated heterocycles. The van der Waals surface area contributed by atoms with Crippen LogP contribution in [-0.2, 0) is 26.2 Å². The minimum absolute atomic E-state index is 0.0643. The third-order valence-electron chi connectivity index (χ3n) is 6.52. The molecule has 188 valence electrons. The fourth-order valence-electron chi connectivity index (χ4n) is 4.73. The Bertz CT molecular complexity index is 1230. The van der Waals surface area contributed by atoms with Gasteiger partial charge >= 0.3 is 5.97 Å². The molecule has 0 radical (unpaired) electrons. The van der Waals surface area contributed by atoms with Crippen LogP contribution >= 0.6 is 23.2 Å². The number of nitrogens with one attached hydrogen (secondary N) is 1. The summed E-state index contributed by atoms with van der Waals surface area (Å²) in [5.41, 5.74) is 2.67. The van der Waals surface area contributed by atoms with Crippen LogP contribution in [0.1, 0.15) is 28.7 Å². The van der Waals surface area contributed by atoms with Gasteiger partial charge in [-0.2, -0.15) is 0 Å². The number of rotatable bonds is 9. The molecule has 1 amide bonds. The van der Waals surface area contributed by atoms with Crippen LogP contribution in [0.4, 0.5) is 0 Å². The van der Waals surface area contributed by atoms with Gasteiger partial charge in [0.2, 0.25) is 5.91 Å². The summed E-state index contributed by atoms with van der Waals surface area (Å²) in [6.07, 6.45) is 0.167. The summed E-state index contributed by atoms with van der Waals surface area (Å²) in [5, 5.41) is 3.74. The smallest absolute Gasteiger partial charge is 0.328 e. The van der Waals surface area contributed by atoms with Crippen LogP contribution in [0, 0.1) is 0 Å². The lowest BCUT2D eigenvalue weighted by Crippen LogP contribution is -2.46. The molecule has 0 bridgehead atoms. The van der Waals surface area contributed by atoms with Crippen molar-refractivity contribution in [2.75, 3.05) is 7.11 Å². The number of halogens is 2. The molecule has 0 aliphatic heterocycles. The maximum Gasteiger partial charge on any atom is 0.328 e. The van der Waals surface area contributed by atoms with E-state index in [2.05, 4.69) is 5.32 Å². The van der Waals surface area contributed by atoms with Gasteiger partial charge in [-0.3, -0.25) is 4.79 Å². The number of esters is 1. The van der Waals surface area contributed by atoms with Crippen LogP contribution in [0.5, 0.6) is 0 Å². The Labute approximate surface area is 227 Å². The van der Waals surface area contributed by atoms with Crippen molar-refractivity contribution in [3.8, 4) is 0 Å². The van der Waals surface area contributed by atoms with Crippen LogP contribution in [0.25, 0.3) is 0 Å². The van der Waals surface area contributed by atoms with Gasteiger partial charge < -0.3 is 10.1 Å². The zero-order chi connectivity index (χ0) is 26.3. The third kappa shape index (κ3) is 5.87. The minimum Gasteiger partial charge on any atom is -0.467 e. The summed E-state index contributed by atoms with van der Waals surface area (Å²) in [6.45, 7) is 0. The highest BCUT2D eigenvalue weighted by Crippen LogP contribution is 2.42. The average molecular weight is 532 g/mol. The zero-order valence-corrected chi connectivity index (χ0v) is 21.9. The van der Waals surface area contributed by atoms with Crippen LogP contribution in [0.15, 0.2) is 109 Å². The van der Waals surface area contributed by atoms with E-state index < -0.39 is 17.4 Å². The van der Waals surface area contributed by atoms with E-state index in [1.54, 1.807) is 18.2 Å².